The minimum Gasteiger partial charge on any atom is -0.488 e. The molecule has 0 saturated carbocycles. The molecule has 0 amide bonds. The molecule has 0 spiro atoms. The number of ketones is 1. The average molecular weight is 335 g/mol. The van der Waals surface area contributed by atoms with E-state index in [-0.39, 0.29) is 5.78 Å². The van der Waals surface area contributed by atoms with Gasteiger partial charge in [-0.15, -0.1) is 11.3 Å². The van der Waals surface area contributed by atoms with Gasteiger partial charge in [-0.2, -0.15) is 0 Å². The van der Waals surface area contributed by atoms with Crippen molar-refractivity contribution in [2.75, 3.05) is 0 Å². The molecule has 3 rings (SSSR count). The second kappa shape index (κ2) is 7.70. The molecule has 0 N–H and O–H groups in total. The largest absolute Gasteiger partial charge is 0.488 e. The number of rotatable bonds is 6. The molecular formula is C20H17NO2S. The molecule has 3 nitrogen and oxygen atoms in total. The summed E-state index contributed by atoms with van der Waals surface area (Å²) in [5, 5.41) is 2.91. The van der Waals surface area contributed by atoms with Crippen molar-refractivity contribution in [1.29, 1.82) is 0 Å². The highest BCUT2D eigenvalue weighted by Gasteiger charge is 2.09. The van der Waals surface area contributed by atoms with Crippen molar-refractivity contribution in [1.82, 2.24) is 4.98 Å². The van der Waals surface area contributed by atoms with Gasteiger partial charge in [-0.25, -0.2) is 4.98 Å². The summed E-state index contributed by atoms with van der Waals surface area (Å²) < 4.78 is 5.83. The van der Waals surface area contributed by atoms with E-state index in [1.807, 2.05) is 60.8 Å². The molecule has 4 heteroatoms. The molecule has 0 unspecified atom stereocenters. The Hall–Kier alpha value is -2.72. The number of para-hydroxylation sites is 1. The molecule has 0 bridgehead atoms. The van der Waals surface area contributed by atoms with Gasteiger partial charge in [0, 0.05) is 5.38 Å². The molecule has 0 radical (unpaired) electrons. The summed E-state index contributed by atoms with van der Waals surface area (Å²) >= 11 is 1.56. The van der Waals surface area contributed by atoms with Gasteiger partial charge in [0.2, 0.25) is 0 Å². The number of nitrogens with zero attached hydrogens (tertiary/aromatic N) is 1. The topological polar surface area (TPSA) is 39.2 Å². The van der Waals surface area contributed by atoms with E-state index in [1.54, 1.807) is 29.6 Å². The van der Waals surface area contributed by atoms with Crippen LogP contribution < -0.4 is 4.74 Å². The predicted molar refractivity (Wildman–Crippen MR) is 97.4 cm³/mol. The third-order valence-corrected chi connectivity index (χ3v) is 4.22. The SMILES string of the molecule is Cc1nc(/C=C/C(=O)c2ccccc2OCc2ccccc2)cs1. The van der Waals surface area contributed by atoms with Crippen LogP contribution in [0.2, 0.25) is 0 Å². The van der Waals surface area contributed by atoms with Gasteiger partial charge >= 0.3 is 0 Å². The Balaban J connectivity index is 1.73. The van der Waals surface area contributed by atoms with E-state index in [0.717, 1.165) is 16.3 Å². The van der Waals surface area contributed by atoms with Crippen molar-refractivity contribution in [3.63, 3.8) is 0 Å². The fourth-order valence-electron chi connectivity index (χ4n) is 2.24. The van der Waals surface area contributed by atoms with E-state index < -0.39 is 0 Å². The maximum atomic E-state index is 12.5. The highest BCUT2D eigenvalue weighted by atomic mass is 32.1. The zero-order valence-corrected chi connectivity index (χ0v) is 14.1. The molecule has 24 heavy (non-hydrogen) atoms. The van der Waals surface area contributed by atoms with Crippen LogP contribution in [-0.4, -0.2) is 10.8 Å². The number of aromatic nitrogens is 1. The summed E-state index contributed by atoms with van der Waals surface area (Å²) in [5.74, 6) is 0.495. The van der Waals surface area contributed by atoms with Crippen LogP contribution in [0.3, 0.4) is 0 Å². The highest BCUT2D eigenvalue weighted by molar-refractivity contribution is 7.09. The van der Waals surface area contributed by atoms with Crippen LogP contribution in [0.5, 0.6) is 5.75 Å². The number of benzene rings is 2. The Labute approximate surface area is 145 Å². The fraction of sp³-hybridized carbons (Fsp3) is 0.100. The molecule has 120 valence electrons. The standard InChI is InChI=1S/C20H17NO2S/c1-15-21-17(14-24-15)11-12-19(22)18-9-5-6-10-20(18)23-13-16-7-3-2-4-8-16/h2-12,14H,13H2,1H3/b12-11+. The predicted octanol–water partition coefficient (Wildman–Crippen LogP) is 4.93. The minimum absolute atomic E-state index is 0.0932. The number of carbonyl (C=O) groups excluding carboxylic acids is 1. The third-order valence-electron chi connectivity index (χ3n) is 3.43. The van der Waals surface area contributed by atoms with Crippen molar-refractivity contribution in [3.05, 3.63) is 87.9 Å². The molecule has 0 aliphatic carbocycles. The molecule has 0 saturated heterocycles. The van der Waals surface area contributed by atoms with Crippen LogP contribution in [0.4, 0.5) is 0 Å². The first-order valence-electron chi connectivity index (χ1n) is 7.62. The highest BCUT2D eigenvalue weighted by Crippen LogP contribution is 2.21. The molecule has 0 aliphatic rings. The van der Waals surface area contributed by atoms with Crippen molar-refractivity contribution < 1.29 is 9.53 Å². The Bertz CT molecular complexity index is 853. The number of ether oxygens (including phenoxy) is 1. The minimum atomic E-state index is -0.0932. The summed E-state index contributed by atoms with van der Waals surface area (Å²) in [6, 6.07) is 17.2. The average Bonchev–Trinajstić information content (AvgIpc) is 3.04. The van der Waals surface area contributed by atoms with Crippen LogP contribution in [0.25, 0.3) is 6.08 Å². The Morgan fingerprint density at radius 1 is 1.12 bits per heavy atom. The zero-order valence-electron chi connectivity index (χ0n) is 13.3. The van der Waals surface area contributed by atoms with Crippen molar-refractivity contribution in [2.45, 2.75) is 13.5 Å². The van der Waals surface area contributed by atoms with E-state index >= 15 is 0 Å². The molecule has 3 aromatic rings. The Kier molecular flexibility index (Phi) is 5.18. The summed E-state index contributed by atoms with van der Waals surface area (Å²) in [4.78, 5) is 16.8. The normalized spacial score (nSPS) is 10.9. The fourth-order valence-corrected chi connectivity index (χ4v) is 2.82. The van der Waals surface area contributed by atoms with Gasteiger partial charge in [-0.1, -0.05) is 42.5 Å². The van der Waals surface area contributed by atoms with Gasteiger partial charge in [0.1, 0.15) is 12.4 Å². The van der Waals surface area contributed by atoms with Crippen LogP contribution in [0.1, 0.15) is 26.6 Å². The lowest BCUT2D eigenvalue weighted by atomic mass is 10.1. The van der Waals surface area contributed by atoms with E-state index in [0.29, 0.717) is 17.9 Å². The zero-order chi connectivity index (χ0) is 16.8. The summed E-state index contributed by atoms with van der Waals surface area (Å²) in [6.07, 6.45) is 3.28. The van der Waals surface area contributed by atoms with Gasteiger partial charge in [0.05, 0.1) is 16.3 Å². The number of thiazole rings is 1. The summed E-state index contributed by atoms with van der Waals surface area (Å²) in [6.45, 7) is 2.37. The Morgan fingerprint density at radius 2 is 1.88 bits per heavy atom. The molecule has 0 fully saturated rings. The molecule has 1 heterocycles. The number of allylic oxidation sites excluding steroid dienone is 1. The van der Waals surface area contributed by atoms with Crippen molar-refractivity contribution in [3.8, 4) is 5.75 Å². The van der Waals surface area contributed by atoms with Crippen LogP contribution in [0, 0.1) is 6.92 Å². The summed E-state index contributed by atoms with van der Waals surface area (Å²) in [5.41, 5.74) is 2.42. The number of aryl methyl sites for hydroxylation is 1. The second-order valence-corrected chi connectivity index (χ2v) is 6.32. The molecule has 1 aromatic heterocycles. The third kappa shape index (κ3) is 4.18. The van der Waals surface area contributed by atoms with Crippen LogP contribution >= 0.6 is 11.3 Å². The van der Waals surface area contributed by atoms with Crippen molar-refractivity contribution >= 4 is 23.2 Å². The van der Waals surface area contributed by atoms with Crippen LogP contribution in [-0.2, 0) is 6.61 Å². The molecular weight excluding hydrogens is 318 g/mol. The molecule has 2 aromatic carbocycles. The van der Waals surface area contributed by atoms with E-state index in [1.165, 1.54) is 0 Å². The monoisotopic (exact) mass is 335 g/mol. The Morgan fingerprint density at radius 3 is 2.62 bits per heavy atom. The smallest absolute Gasteiger partial charge is 0.189 e. The van der Waals surface area contributed by atoms with Gasteiger partial charge < -0.3 is 4.74 Å². The molecule has 0 atom stereocenters. The van der Waals surface area contributed by atoms with E-state index in [2.05, 4.69) is 4.98 Å². The number of hydrogen-bond donors (Lipinski definition) is 0. The van der Waals surface area contributed by atoms with Gasteiger partial charge in [0.25, 0.3) is 0 Å². The first kappa shape index (κ1) is 16.1. The maximum absolute atomic E-state index is 12.5. The van der Waals surface area contributed by atoms with Crippen molar-refractivity contribution in [2.24, 2.45) is 0 Å². The number of carbonyl (C=O) groups is 1. The second-order valence-electron chi connectivity index (χ2n) is 5.26. The van der Waals surface area contributed by atoms with Gasteiger partial charge in [-0.05, 0) is 36.8 Å². The number of hydrogen-bond acceptors (Lipinski definition) is 4. The first-order chi connectivity index (χ1) is 11.7. The lowest BCUT2D eigenvalue weighted by Crippen LogP contribution is -2.02. The first-order valence-corrected chi connectivity index (χ1v) is 8.50. The van der Waals surface area contributed by atoms with E-state index in [9.17, 15) is 4.79 Å². The lowest BCUT2D eigenvalue weighted by Gasteiger charge is -2.09. The quantitative estimate of drug-likeness (QED) is 0.474. The van der Waals surface area contributed by atoms with Crippen LogP contribution in [0.15, 0.2) is 66.1 Å². The summed E-state index contributed by atoms with van der Waals surface area (Å²) in [7, 11) is 0. The lowest BCUT2D eigenvalue weighted by molar-refractivity contribution is 0.104. The van der Waals surface area contributed by atoms with Gasteiger partial charge in [0.15, 0.2) is 5.78 Å². The molecule has 0 aliphatic heterocycles. The van der Waals surface area contributed by atoms with E-state index in [4.69, 9.17) is 4.74 Å². The van der Waals surface area contributed by atoms with Gasteiger partial charge in [-0.3, -0.25) is 4.79 Å². The maximum Gasteiger partial charge on any atom is 0.189 e.